The van der Waals surface area contributed by atoms with Crippen LogP contribution in [0.1, 0.15) is 26.2 Å². The Kier molecular flexibility index (Phi) is 5.55. The molecule has 2 heterocycles. The van der Waals surface area contributed by atoms with Crippen LogP contribution in [-0.4, -0.2) is 49.1 Å². The standard InChI is InChI=1S/C14H23N3O3S/c1-2-7-15-13-4-3-8-16-14(13)21(19,20)17-9-5-12(11-17)6-10-18/h3-4,8,12,15,18H,2,5-7,9-11H2,1H3. The molecule has 21 heavy (non-hydrogen) atoms. The minimum absolute atomic E-state index is 0.100. The molecule has 0 amide bonds. The zero-order valence-corrected chi connectivity index (χ0v) is 13.1. The molecule has 118 valence electrons. The molecular weight excluding hydrogens is 290 g/mol. The maximum atomic E-state index is 12.7. The molecule has 1 fully saturated rings. The fourth-order valence-corrected chi connectivity index (χ4v) is 4.16. The number of aromatic nitrogens is 1. The highest BCUT2D eigenvalue weighted by Crippen LogP contribution is 2.28. The monoisotopic (exact) mass is 313 g/mol. The maximum absolute atomic E-state index is 12.7. The molecule has 1 saturated heterocycles. The minimum Gasteiger partial charge on any atom is -0.396 e. The lowest BCUT2D eigenvalue weighted by Crippen LogP contribution is -2.30. The van der Waals surface area contributed by atoms with Gasteiger partial charge in [-0.3, -0.25) is 0 Å². The van der Waals surface area contributed by atoms with Crippen LogP contribution in [-0.2, 0) is 10.0 Å². The largest absolute Gasteiger partial charge is 0.396 e. The number of hydrogen-bond acceptors (Lipinski definition) is 5. The summed E-state index contributed by atoms with van der Waals surface area (Å²) in [7, 11) is -3.57. The van der Waals surface area contributed by atoms with Crippen molar-refractivity contribution in [3.8, 4) is 0 Å². The lowest BCUT2D eigenvalue weighted by Gasteiger charge is -2.18. The van der Waals surface area contributed by atoms with E-state index in [-0.39, 0.29) is 17.6 Å². The van der Waals surface area contributed by atoms with Gasteiger partial charge in [0.25, 0.3) is 10.0 Å². The predicted octanol–water partition coefficient (Wildman–Crippen LogP) is 1.30. The zero-order valence-electron chi connectivity index (χ0n) is 12.3. The Bertz CT molecular complexity index is 562. The molecule has 0 bridgehead atoms. The van der Waals surface area contributed by atoms with Crippen molar-refractivity contribution < 1.29 is 13.5 Å². The number of anilines is 1. The molecule has 1 atom stereocenters. The third kappa shape index (κ3) is 3.72. The number of pyridine rings is 1. The van der Waals surface area contributed by atoms with Crippen LogP contribution in [0.4, 0.5) is 5.69 Å². The third-order valence-corrected chi connectivity index (χ3v) is 5.53. The van der Waals surface area contributed by atoms with E-state index in [2.05, 4.69) is 10.3 Å². The van der Waals surface area contributed by atoms with Crippen molar-refractivity contribution in [3.05, 3.63) is 18.3 Å². The Balaban J connectivity index is 2.20. The lowest BCUT2D eigenvalue weighted by atomic mass is 10.1. The molecule has 7 heteroatoms. The van der Waals surface area contributed by atoms with E-state index in [0.29, 0.717) is 31.7 Å². The second-order valence-electron chi connectivity index (χ2n) is 5.31. The Labute approximate surface area is 126 Å². The molecule has 1 aliphatic heterocycles. The first kappa shape index (κ1) is 16.2. The summed E-state index contributed by atoms with van der Waals surface area (Å²) in [5, 5.41) is 12.2. The number of nitrogens with one attached hydrogen (secondary N) is 1. The highest BCUT2D eigenvalue weighted by atomic mass is 32.2. The van der Waals surface area contributed by atoms with Crippen molar-refractivity contribution in [2.24, 2.45) is 5.92 Å². The Morgan fingerprint density at radius 3 is 3.05 bits per heavy atom. The summed E-state index contributed by atoms with van der Waals surface area (Å²) >= 11 is 0. The van der Waals surface area contributed by atoms with E-state index in [9.17, 15) is 8.42 Å². The van der Waals surface area contributed by atoms with Crippen LogP contribution in [0.2, 0.25) is 0 Å². The number of rotatable bonds is 7. The Hall–Kier alpha value is -1.18. The van der Waals surface area contributed by atoms with Gasteiger partial charge in [0, 0.05) is 32.4 Å². The van der Waals surface area contributed by atoms with E-state index in [1.54, 1.807) is 12.1 Å². The average molecular weight is 313 g/mol. The Morgan fingerprint density at radius 2 is 2.33 bits per heavy atom. The van der Waals surface area contributed by atoms with Crippen molar-refractivity contribution in [2.45, 2.75) is 31.2 Å². The molecule has 1 aliphatic rings. The van der Waals surface area contributed by atoms with Gasteiger partial charge in [-0.2, -0.15) is 4.31 Å². The highest BCUT2D eigenvalue weighted by molar-refractivity contribution is 7.89. The first-order valence-corrected chi connectivity index (χ1v) is 8.83. The summed E-state index contributed by atoms with van der Waals surface area (Å²) in [6.45, 7) is 3.80. The number of aliphatic hydroxyl groups excluding tert-OH is 1. The van der Waals surface area contributed by atoms with Crippen LogP contribution in [0, 0.1) is 5.92 Å². The average Bonchev–Trinajstić information content (AvgIpc) is 2.95. The molecule has 6 nitrogen and oxygen atoms in total. The molecule has 0 saturated carbocycles. The van der Waals surface area contributed by atoms with Crippen molar-refractivity contribution in [3.63, 3.8) is 0 Å². The van der Waals surface area contributed by atoms with Gasteiger partial charge in [-0.15, -0.1) is 0 Å². The molecule has 0 spiro atoms. The normalized spacial score (nSPS) is 19.8. The van der Waals surface area contributed by atoms with Crippen molar-refractivity contribution in [1.82, 2.24) is 9.29 Å². The van der Waals surface area contributed by atoms with Crippen LogP contribution >= 0.6 is 0 Å². The first-order valence-electron chi connectivity index (χ1n) is 7.39. The highest BCUT2D eigenvalue weighted by Gasteiger charge is 2.34. The van der Waals surface area contributed by atoms with Crippen molar-refractivity contribution >= 4 is 15.7 Å². The van der Waals surface area contributed by atoms with Gasteiger partial charge in [0.15, 0.2) is 5.03 Å². The fraction of sp³-hybridized carbons (Fsp3) is 0.643. The van der Waals surface area contributed by atoms with Gasteiger partial charge >= 0.3 is 0 Å². The van der Waals surface area contributed by atoms with Crippen LogP contribution in [0.5, 0.6) is 0 Å². The molecule has 1 unspecified atom stereocenters. The van der Waals surface area contributed by atoms with E-state index >= 15 is 0 Å². The lowest BCUT2D eigenvalue weighted by molar-refractivity contribution is 0.259. The quantitative estimate of drug-likeness (QED) is 0.793. The fourth-order valence-electron chi connectivity index (χ4n) is 2.55. The SMILES string of the molecule is CCCNc1cccnc1S(=O)(=O)N1CCC(CCO)C1. The van der Waals surface area contributed by atoms with E-state index < -0.39 is 10.0 Å². The summed E-state index contributed by atoms with van der Waals surface area (Å²) in [6.07, 6.45) is 3.86. The van der Waals surface area contributed by atoms with Gasteiger partial charge in [0.2, 0.25) is 0 Å². The number of aliphatic hydroxyl groups is 1. The van der Waals surface area contributed by atoms with E-state index in [4.69, 9.17) is 5.11 Å². The molecule has 1 aromatic rings. The number of sulfonamides is 1. The summed E-state index contributed by atoms with van der Waals surface area (Å²) in [6, 6.07) is 3.48. The molecule has 2 N–H and O–H groups in total. The molecular formula is C14H23N3O3S. The molecule has 1 aromatic heterocycles. The third-order valence-electron chi connectivity index (χ3n) is 3.71. The smallest absolute Gasteiger partial charge is 0.262 e. The maximum Gasteiger partial charge on any atom is 0.262 e. The van der Waals surface area contributed by atoms with Gasteiger partial charge in [0.05, 0.1) is 5.69 Å². The van der Waals surface area contributed by atoms with Gasteiger partial charge in [0.1, 0.15) is 0 Å². The van der Waals surface area contributed by atoms with Crippen molar-refractivity contribution in [1.29, 1.82) is 0 Å². The van der Waals surface area contributed by atoms with Gasteiger partial charge < -0.3 is 10.4 Å². The predicted molar refractivity (Wildman–Crippen MR) is 81.6 cm³/mol. The van der Waals surface area contributed by atoms with Gasteiger partial charge in [-0.25, -0.2) is 13.4 Å². The second kappa shape index (κ2) is 7.20. The topological polar surface area (TPSA) is 82.5 Å². The molecule has 0 aromatic carbocycles. The zero-order chi connectivity index (χ0) is 15.3. The van der Waals surface area contributed by atoms with Crippen LogP contribution in [0.25, 0.3) is 0 Å². The van der Waals surface area contributed by atoms with Gasteiger partial charge in [-0.1, -0.05) is 6.92 Å². The molecule has 2 rings (SSSR count). The number of nitrogens with zero attached hydrogens (tertiary/aromatic N) is 2. The van der Waals surface area contributed by atoms with E-state index in [1.807, 2.05) is 6.92 Å². The van der Waals surface area contributed by atoms with Crippen molar-refractivity contribution in [2.75, 3.05) is 31.6 Å². The van der Waals surface area contributed by atoms with E-state index in [1.165, 1.54) is 10.5 Å². The summed E-state index contributed by atoms with van der Waals surface area (Å²) in [4.78, 5) is 4.08. The molecule has 0 aliphatic carbocycles. The minimum atomic E-state index is -3.57. The second-order valence-corrected chi connectivity index (χ2v) is 7.17. The summed E-state index contributed by atoms with van der Waals surface area (Å²) in [5.74, 6) is 0.237. The summed E-state index contributed by atoms with van der Waals surface area (Å²) < 4.78 is 26.9. The van der Waals surface area contributed by atoms with Crippen LogP contribution in [0.3, 0.4) is 0 Å². The van der Waals surface area contributed by atoms with Crippen LogP contribution in [0.15, 0.2) is 23.4 Å². The molecule has 0 radical (unpaired) electrons. The van der Waals surface area contributed by atoms with E-state index in [0.717, 1.165) is 12.8 Å². The number of hydrogen-bond donors (Lipinski definition) is 2. The first-order chi connectivity index (χ1) is 10.1. The van der Waals surface area contributed by atoms with Crippen LogP contribution < -0.4 is 5.32 Å². The summed E-state index contributed by atoms with van der Waals surface area (Å²) in [5.41, 5.74) is 0.560. The van der Waals surface area contributed by atoms with Gasteiger partial charge in [-0.05, 0) is 37.3 Å². The Morgan fingerprint density at radius 1 is 1.52 bits per heavy atom.